The van der Waals surface area contributed by atoms with Gasteiger partial charge in [0, 0.05) is 41.2 Å². The van der Waals surface area contributed by atoms with E-state index >= 15 is 0 Å². The number of carbonyl (C=O) groups is 4. The molecular formula is C32H36F6N4O8. The number of halogens is 6. The van der Waals surface area contributed by atoms with Gasteiger partial charge in [-0.05, 0) is 68.0 Å². The number of nitrogens with zero attached hydrogens (tertiary/aromatic N) is 2. The number of carbonyl (C=O) groups excluding carboxylic acids is 2. The second-order valence-electron chi connectivity index (χ2n) is 11.4. The van der Waals surface area contributed by atoms with Gasteiger partial charge in [-0.25, -0.2) is 20.1 Å². The Bertz CT molecular complexity index is 1590. The van der Waals surface area contributed by atoms with E-state index in [-0.39, 0.29) is 30.2 Å². The Kier molecular flexibility index (Phi) is 15.0. The van der Waals surface area contributed by atoms with Crippen LogP contribution in [0.3, 0.4) is 0 Å². The fourth-order valence-corrected chi connectivity index (χ4v) is 5.21. The highest BCUT2D eigenvalue weighted by Gasteiger charge is 2.39. The van der Waals surface area contributed by atoms with Crippen LogP contribution in [0.5, 0.6) is 5.75 Å². The highest BCUT2D eigenvalue weighted by molar-refractivity contribution is 5.94. The Morgan fingerprint density at radius 1 is 0.960 bits per heavy atom. The number of hydroxylamine groups is 1. The van der Waals surface area contributed by atoms with Crippen molar-refractivity contribution in [3.63, 3.8) is 0 Å². The second kappa shape index (κ2) is 18.1. The van der Waals surface area contributed by atoms with E-state index in [1.165, 1.54) is 0 Å². The lowest BCUT2D eigenvalue weighted by atomic mass is 9.81. The van der Waals surface area contributed by atoms with Crippen LogP contribution in [0, 0.1) is 18.8 Å². The number of piperidine rings is 1. The van der Waals surface area contributed by atoms with Gasteiger partial charge in [0.05, 0.1) is 5.52 Å². The molecular weight excluding hydrogens is 682 g/mol. The number of carboxylic acids is 2. The summed E-state index contributed by atoms with van der Waals surface area (Å²) in [5, 5.41) is 26.2. The summed E-state index contributed by atoms with van der Waals surface area (Å²) in [5.74, 6) is -5.15. The molecule has 12 nitrogen and oxygen atoms in total. The minimum Gasteiger partial charge on any atom is -0.489 e. The molecule has 1 unspecified atom stereocenters. The van der Waals surface area contributed by atoms with Gasteiger partial charge >= 0.3 is 24.3 Å². The summed E-state index contributed by atoms with van der Waals surface area (Å²) >= 11 is 0. The van der Waals surface area contributed by atoms with Crippen LogP contribution in [0.1, 0.15) is 54.7 Å². The van der Waals surface area contributed by atoms with Crippen LogP contribution in [0.2, 0.25) is 0 Å². The third kappa shape index (κ3) is 12.8. The molecule has 274 valence electrons. The van der Waals surface area contributed by atoms with Gasteiger partial charge < -0.3 is 14.9 Å². The smallest absolute Gasteiger partial charge is 0.489 e. The number of hydrogen-bond acceptors (Lipinski definition) is 8. The Labute approximate surface area is 282 Å². The molecule has 1 saturated heterocycles. The zero-order chi connectivity index (χ0) is 37.8. The van der Waals surface area contributed by atoms with Crippen LogP contribution in [0.4, 0.5) is 26.3 Å². The summed E-state index contributed by atoms with van der Waals surface area (Å²) in [6, 6.07) is 17.2. The number of carboxylic acid groups (broad SMARTS) is 2. The Morgan fingerprint density at radius 3 is 2.04 bits per heavy atom. The number of pyridine rings is 1. The molecule has 18 heteroatoms. The van der Waals surface area contributed by atoms with E-state index in [0.29, 0.717) is 24.5 Å². The van der Waals surface area contributed by atoms with Crippen LogP contribution in [-0.2, 0) is 21.0 Å². The minimum atomic E-state index is -5.08. The van der Waals surface area contributed by atoms with Gasteiger partial charge in [0.2, 0.25) is 5.91 Å². The standard InChI is InChI=1S/C28H34N4O4.2C2HF3O2/c1-18(2)27-21(16-26(33)31-35)7-6-14-32(27)30-28(34)20-10-12-23(13-11-20)36-17-22-15-19(3)29-25-9-5-4-8-24(22)25;2*3-2(4,5)1(6)7/h4-5,8-13,15,18,21,27,35H,6-7,14,16-17H2,1-3H3,(H,30,34)(H,31,33);2*(H,6,7)/t21-,27?;;/m1../s1. The van der Waals surface area contributed by atoms with Crippen LogP contribution in [0.25, 0.3) is 10.9 Å². The fraction of sp³-hybridized carbons (Fsp3) is 0.406. The van der Waals surface area contributed by atoms with Crippen molar-refractivity contribution < 1.29 is 65.7 Å². The van der Waals surface area contributed by atoms with E-state index in [1.54, 1.807) is 29.7 Å². The summed E-state index contributed by atoms with van der Waals surface area (Å²) in [7, 11) is 0. The SMILES string of the molecule is Cc1cc(COc2ccc(C(=O)NN3CCC[C@H](CC(=O)NO)C3C(C)C)cc2)c2ccccc2n1.O=C(O)C(F)(F)F.O=C(O)C(F)(F)F. The molecule has 0 spiro atoms. The first-order chi connectivity index (χ1) is 23.2. The first kappa shape index (κ1) is 41.2. The maximum atomic E-state index is 13.0. The molecule has 0 bridgehead atoms. The molecule has 1 aromatic heterocycles. The largest absolute Gasteiger partial charge is 0.490 e. The lowest BCUT2D eigenvalue weighted by Crippen LogP contribution is -2.56. The zero-order valence-corrected chi connectivity index (χ0v) is 27.0. The second-order valence-corrected chi connectivity index (χ2v) is 11.4. The van der Waals surface area contributed by atoms with Crippen LogP contribution in [-0.4, -0.2) is 74.1 Å². The van der Waals surface area contributed by atoms with Crippen molar-refractivity contribution in [1.29, 1.82) is 0 Å². The third-order valence-corrected chi connectivity index (χ3v) is 7.24. The number of rotatable bonds is 8. The molecule has 2 heterocycles. The molecule has 1 aliphatic heterocycles. The number of aryl methyl sites for hydroxylation is 1. The number of aliphatic carboxylic acids is 2. The topological polar surface area (TPSA) is 178 Å². The van der Waals surface area contributed by atoms with Gasteiger partial charge in [0.25, 0.3) is 5.91 Å². The summed E-state index contributed by atoms with van der Waals surface area (Å²) in [6.45, 7) is 7.25. The molecule has 5 N–H and O–H groups in total. The molecule has 1 aliphatic rings. The summed E-state index contributed by atoms with van der Waals surface area (Å²) in [4.78, 5) is 47.2. The van der Waals surface area contributed by atoms with Crippen molar-refractivity contribution in [3.05, 3.63) is 71.4 Å². The number of benzene rings is 2. The number of amides is 2. The van der Waals surface area contributed by atoms with Gasteiger partial charge in [-0.15, -0.1) is 0 Å². The molecule has 1 fully saturated rings. The van der Waals surface area contributed by atoms with Gasteiger partial charge in [-0.1, -0.05) is 32.0 Å². The van der Waals surface area contributed by atoms with E-state index in [2.05, 4.69) is 24.3 Å². The quantitative estimate of drug-likeness (QED) is 0.111. The molecule has 0 saturated carbocycles. The fourth-order valence-electron chi connectivity index (χ4n) is 5.21. The van der Waals surface area contributed by atoms with Gasteiger partial charge in [-0.3, -0.25) is 25.2 Å². The Hall–Kier alpha value is -4.97. The van der Waals surface area contributed by atoms with Crippen molar-refractivity contribution in [2.75, 3.05) is 6.54 Å². The van der Waals surface area contributed by atoms with Gasteiger partial charge in [0.1, 0.15) is 12.4 Å². The summed E-state index contributed by atoms with van der Waals surface area (Å²) in [5.41, 5.74) is 8.26. The number of ether oxygens (including phenoxy) is 1. The maximum absolute atomic E-state index is 13.0. The molecule has 50 heavy (non-hydrogen) atoms. The van der Waals surface area contributed by atoms with Crippen LogP contribution >= 0.6 is 0 Å². The molecule has 3 aromatic rings. The number of fused-ring (bicyclic) bond motifs is 1. The molecule has 2 amide bonds. The van der Waals surface area contributed by atoms with Gasteiger partial charge in [0.15, 0.2) is 0 Å². The lowest BCUT2D eigenvalue weighted by molar-refractivity contribution is -0.193. The molecule has 2 aromatic carbocycles. The lowest BCUT2D eigenvalue weighted by Gasteiger charge is -2.43. The van der Waals surface area contributed by atoms with E-state index in [9.17, 15) is 35.9 Å². The predicted molar refractivity (Wildman–Crippen MR) is 165 cm³/mol. The monoisotopic (exact) mass is 718 g/mol. The number of hydrazine groups is 1. The molecule has 0 radical (unpaired) electrons. The van der Waals surface area contributed by atoms with Crippen molar-refractivity contribution in [1.82, 2.24) is 20.9 Å². The van der Waals surface area contributed by atoms with E-state index in [1.807, 2.05) is 42.3 Å². The zero-order valence-electron chi connectivity index (χ0n) is 27.0. The van der Waals surface area contributed by atoms with Crippen LogP contribution in [0.15, 0.2) is 54.6 Å². The Morgan fingerprint density at radius 2 is 1.52 bits per heavy atom. The van der Waals surface area contributed by atoms with Crippen molar-refractivity contribution in [2.24, 2.45) is 11.8 Å². The molecule has 2 atom stereocenters. The van der Waals surface area contributed by atoms with E-state index in [0.717, 1.165) is 35.0 Å². The molecule has 0 aliphatic carbocycles. The number of aromatic nitrogens is 1. The predicted octanol–water partition coefficient (Wildman–Crippen LogP) is 5.67. The average Bonchev–Trinajstić information content (AvgIpc) is 3.03. The number of alkyl halides is 6. The summed E-state index contributed by atoms with van der Waals surface area (Å²) < 4.78 is 69.5. The minimum absolute atomic E-state index is 0.00116. The molecule has 4 rings (SSSR count). The number of nitrogens with one attached hydrogen (secondary N) is 2. The van der Waals surface area contributed by atoms with Crippen molar-refractivity contribution >= 4 is 34.7 Å². The van der Waals surface area contributed by atoms with E-state index < -0.39 is 30.2 Å². The highest BCUT2D eigenvalue weighted by Crippen LogP contribution is 2.30. The summed E-state index contributed by atoms with van der Waals surface area (Å²) in [6.07, 6.45) is -8.20. The third-order valence-electron chi connectivity index (χ3n) is 7.24. The first-order valence-electron chi connectivity index (χ1n) is 14.9. The van der Waals surface area contributed by atoms with Crippen molar-refractivity contribution in [3.8, 4) is 5.75 Å². The van der Waals surface area contributed by atoms with E-state index in [4.69, 9.17) is 29.7 Å². The highest BCUT2D eigenvalue weighted by atomic mass is 19.4. The maximum Gasteiger partial charge on any atom is 0.490 e. The first-order valence-corrected chi connectivity index (χ1v) is 14.9. The van der Waals surface area contributed by atoms with Crippen molar-refractivity contribution in [2.45, 2.75) is 65.0 Å². The van der Waals surface area contributed by atoms with Gasteiger partial charge in [-0.2, -0.15) is 26.3 Å². The number of para-hydroxylation sites is 1. The normalized spacial score (nSPS) is 16.3. The average molecular weight is 719 g/mol. The Balaban J connectivity index is 0.000000521. The number of hydrogen-bond donors (Lipinski definition) is 5. The van der Waals surface area contributed by atoms with Crippen LogP contribution < -0.4 is 15.6 Å².